The van der Waals surface area contributed by atoms with Gasteiger partial charge in [-0.2, -0.15) is 8.42 Å². The third-order valence-corrected chi connectivity index (χ3v) is 4.51. The summed E-state index contributed by atoms with van der Waals surface area (Å²) in [6.45, 7) is 2.13. The molecule has 1 N–H and O–H groups in total. The summed E-state index contributed by atoms with van der Waals surface area (Å²) in [6.07, 6.45) is 5.04. The molecular formula is C18H21NaO5S. The van der Waals surface area contributed by atoms with Gasteiger partial charge in [-0.05, 0) is 36.6 Å². The van der Waals surface area contributed by atoms with E-state index in [2.05, 4.69) is 6.92 Å². The van der Waals surface area contributed by atoms with Crippen molar-refractivity contribution in [2.45, 2.75) is 43.9 Å². The van der Waals surface area contributed by atoms with Gasteiger partial charge in [-0.15, -0.1) is 5.75 Å². The van der Waals surface area contributed by atoms with Crippen LogP contribution < -0.4 is 39.4 Å². The summed E-state index contributed by atoms with van der Waals surface area (Å²) in [5.74, 6) is 0.733. The molecule has 25 heavy (non-hydrogen) atoms. The number of unbranched alkanes of at least 4 members (excludes halogenated alkanes) is 3. The Labute approximate surface area is 171 Å². The summed E-state index contributed by atoms with van der Waals surface area (Å²) in [4.78, 5) is -0.232. The number of aryl methyl sites for hydroxylation is 1. The molecule has 0 atom stereocenters. The van der Waals surface area contributed by atoms with Crippen LogP contribution in [0.15, 0.2) is 47.4 Å². The summed E-state index contributed by atoms with van der Waals surface area (Å²) in [5.41, 5.74) is 0.802. The van der Waals surface area contributed by atoms with E-state index in [1.807, 2.05) is 0 Å². The molecule has 0 amide bonds. The monoisotopic (exact) mass is 372 g/mol. The molecule has 0 radical (unpaired) electrons. The third kappa shape index (κ3) is 6.99. The molecule has 0 saturated carbocycles. The Morgan fingerprint density at radius 1 is 1.08 bits per heavy atom. The van der Waals surface area contributed by atoms with Crippen molar-refractivity contribution in [2.75, 3.05) is 0 Å². The summed E-state index contributed by atoms with van der Waals surface area (Å²) in [7, 11) is -4.28. The first kappa shape index (κ1) is 22.0. The van der Waals surface area contributed by atoms with Crippen molar-refractivity contribution < 1.29 is 52.4 Å². The van der Waals surface area contributed by atoms with Gasteiger partial charge in [-0.1, -0.05) is 44.4 Å². The Balaban J connectivity index is 0.00000312. The molecule has 0 aliphatic heterocycles. The standard InChI is InChI=1S/C18H22O5S.Na/c1-2-3-4-5-7-14-12-15(19)10-11-18(14)23-16-8-6-9-17(13-16)24(20,21)22;/h6,8-13,19H,2-5,7H2,1H3,(H,20,21,22);/q;+1/p-1. The average molecular weight is 372 g/mol. The fraction of sp³-hybridized carbons (Fsp3) is 0.333. The molecule has 0 heterocycles. The van der Waals surface area contributed by atoms with Gasteiger partial charge in [0.25, 0.3) is 10.1 Å². The van der Waals surface area contributed by atoms with E-state index in [-0.39, 0.29) is 40.2 Å². The Morgan fingerprint density at radius 3 is 2.52 bits per heavy atom. The second-order valence-electron chi connectivity index (χ2n) is 5.63. The predicted molar refractivity (Wildman–Crippen MR) is 90.1 cm³/mol. The van der Waals surface area contributed by atoms with Gasteiger partial charge < -0.3 is 9.84 Å². The van der Waals surface area contributed by atoms with Gasteiger partial charge >= 0.3 is 29.6 Å². The molecule has 0 unspecified atom stereocenters. The molecule has 0 aliphatic rings. The smallest absolute Gasteiger partial charge is 0.872 e. The van der Waals surface area contributed by atoms with Gasteiger partial charge in [0, 0.05) is 6.07 Å². The van der Waals surface area contributed by atoms with E-state index in [1.165, 1.54) is 24.3 Å². The fourth-order valence-corrected chi connectivity index (χ4v) is 2.93. The Kier molecular flexibility index (Phi) is 8.96. The van der Waals surface area contributed by atoms with Gasteiger partial charge in [0.2, 0.25) is 0 Å². The SMILES string of the molecule is CCCCCCc1cc([O-])ccc1Oc1cccc(S(=O)(=O)O)c1.[Na+]. The minimum absolute atomic E-state index is 0. The molecule has 2 aromatic rings. The van der Waals surface area contributed by atoms with Crippen molar-refractivity contribution in [2.24, 2.45) is 0 Å². The molecule has 0 spiro atoms. The maximum absolute atomic E-state index is 11.6. The zero-order valence-electron chi connectivity index (χ0n) is 14.6. The topological polar surface area (TPSA) is 86.7 Å². The normalized spacial score (nSPS) is 11.0. The van der Waals surface area contributed by atoms with Crippen molar-refractivity contribution in [1.82, 2.24) is 0 Å². The van der Waals surface area contributed by atoms with Crippen molar-refractivity contribution in [3.05, 3.63) is 48.0 Å². The molecular weight excluding hydrogens is 351 g/mol. The molecule has 0 aliphatic carbocycles. The maximum Gasteiger partial charge on any atom is 1.00 e. The van der Waals surface area contributed by atoms with Crippen molar-refractivity contribution in [3.63, 3.8) is 0 Å². The van der Waals surface area contributed by atoms with Crippen LogP contribution in [0.4, 0.5) is 0 Å². The molecule has 5 nitrogen and oxygen atoms in total. The second-order valence-corrected chi connectivity index (χ2v) is 7.05. The van der Waals surface area contributed by atoms with Crippen LogP contribution in [-0.4, -0.2) is 13.0 Å². The van der Waals surface area contributed by atoms with Crippen LogP contribution >= 0.6 is 0 Å². The molecule has 0 fully saturated rings. The number of rotatable bonds is 8. The second kappa shape index (κ2) is 10.2. The van der Waals surface area contributed by atoms with Crippen LogP contribution in [0.5, 0.6) is 17.2 Å². The van der Waals surface area contributed by atoms with E-state index in [0.29, 0.717) is 11.5 Å². The van der Waals surface area contributed by atoms with Crippen LogP contribution in [0.2, 0.25) is 0 Å². The molecule has 0 aromatic heterocycles. The minimum Gasteiger partial charge on any atom is -0.872 e. The fourth-order valence-electron chi connectivity index (χ4n) is 2.42. The van der Waals surface area contributed by atoms with Crippen molar-refractivity contribution in [3.8, 4) is 17.2 Å². The zero-order valence-corrected chi connectivity index (χ0v) is 17.4. The summed E-state index contributed by atoms with van der Waals surface area (Å²) in [5, 5.41) is 11.6. The number of hydrogen-bond donors (Lipinski definition) is 1. The van der Waals surface area contributed by atoms with Crippen molar-refractivity contribution in [1.29, 1.82) is 0 Å². The van der Waals surface area contributed by atoms with E-state index in [0.717, 1.165) is 37.7 Å². The average Bonchev–Trinajstić information content (AvgIpc) is 2.53. The van der Waals surface area contributed by atoms with Gasteiger partial charge in [-0.25, -0.2) is 0 Å². The molecule has 0 saturated heterocycles. The van der Waals surface area contributed by atoms with E-state index in [4.69, 9.17) is 9.29 Å². The van der Waals surface area contributed by atoms with E-state index in [1.54, 1.807) is 18.2 Å². The van der Waals surface area contributed by atoms with E-state index < -0.39 is 10.1 Å². The quantitative estimate of drug-likeness (QED) is 0.423. The Morgan fingerprint density at radius 2 is 1.84 bits per heavy atom. The number of hydrogen-bond acceptors (Lipinski definition) is 4. The van der Waals surface area contributed by atoms with Crippen LogP contribution in [-0.2, 0) is 16.5 Å². The molecule has 7 heteroatoms. The van der Waals surface area contributed by atoms with Crippen LogP contribution in [0.25, 0.3) is 0 Å². The summed E-state index contributed by atoms with van der Waals surface area (Å²) >= 11 is 0. The molecule has 2 aromatic carbocycles. The van der Waals surface area contributed by atoms with Gasteiger partial charge in [0.15, 0.2) is 0 Å². The number of benzene rings is 2. The van der Waals surface area contributed by atoms with Gasteiger partial charge in [-0.3, -0.25) is 4.55 Å². The number of ether oxygens (including phenoxy) is 1. The maximum atomic E-state index is 11.6. The zero-order chi connectivity index (χ0) is 17.6. The van der Waals surface area contributed by atoms with Gasteiger partial charge in [0.1, 0.15) is 11.5 Å². The minimum atomic E-state index is -4.28. The van der Waals surface area contributed by atoms with Gasteiger partial charge in [0.05, 0.1) is 4.90 Å². The first-order chi connectivity index (χ1) is 11.4. The summed E-state index contributed by atoms with van der Waals surface area (Å²) in [6, 6.07) is 10.2. The molecule has 0 bridgehead atoms. The Hall–Kier alpha value is -1.05. The third-order valence-electron chi connectivity index (χ3n) is 3.66. The Bertz CT molecular complexity index is 790. The van der Waals surface area contributed by atoms with E-state index >= 15 is 0 Å². The first-order valence-electron chi connectivity index (χ1n) is 7.95. The van der Waals surface area contributed by atoms with E-state index in [9.17, 15) is 13.5 Å². The first-order valence-corrected chi connectivity index (χ1v) is 9.39. The summed E-state index contributed by atoms with van der Waals surface area (Å²) < 4.78 is 37.3. The largest absolute Gasteiger partial charge is 1.00 e. The van der Waals surface area contributed by atoms with Crippen LogP contribution in [0.1, 0.15) is 38.2 Å². The molecule has 2 rings (SSSR count). The van der Waals surface area contributed by atoms with Crippen molar-refractivity contribution >= 4 is 10.1 Å². The van der Waals surface area contributed by atoms with Crippen LogP contribution in [0, 0.1) is 0 Å². The molecule has 130 valence electrons. The van der Waals surface area contributed by atoms with Crippen LogP contribution in [0.3, 0.4) is 0 Å². The predicted octanol–water partition coefficient (Wildman–Crippen LogP) is 0.926.